The predicted molar refractivity (Wildman–Crippen MR) is 105 cm³/mol. The quantitative estimate of drug-likeness (QED) is 0.729. The molecule has 2 aliphatic heterocycles. The summed E-state index contributed by atoms with van der Waals surface area (Å²) in [6, 6.07) is 9.12. The number of nitrogens with zero attached hydrogens (tertiary/aromatic N) is 2. The molecule has 0 spiro atoms. The lowest BCUT2D eigenvalue weighted by Crippen LogP contribution is -2.55. The minimum Gasteiger partial charge on any atom is -0.371 e. The van der Waals surface area contributed by atoms with Crippen LogP contribution in [-0.2, 0) is 6.42 Å². The van der Waals surface area contributed by atoms with Crippen LogP contribution in [-0.4, -0.2) is 18.1 Å². The molecule has 5 rings (SSSR count). The number of piperidine rings is 2. The van der Waals surface area contributed by atoms with Gasteiger partial charge in [-0.25, -0.2) is 0 Å². The Kier molecular flexibility index (Phi) is 5.12. The van der Waals surface area contributed by atoms with Gasteiger partial charge >= 0.3 is 0 Å². The molecule has 0 amide bonds. The molecular formula is C22H32N2. The largest absolute Gasteiger partial charge is 0.371 e. The Hall–Kier alpha value is -1.57. The maximum absolute atomic E-state index is 4.70. The molecule has 2 atom stereocenters. The summed E-state index contributed by atoms with van der Waals surface area (Å²) in [4.78, 5) is 7.32. The van der Waals surface area contributed by atoms with Gasteiger partial charge in [-0.2, -0.15) is 0 Å². The fraction of sp³-hybridized carbons (Fsp3) is 0.591. The zero-order valence-electron chi connectivity index (χ0n) is 16.0. The van der Waals surface area contributed by atoms with Crippen molar-refractivity contribution >= 4 is 16.6 Å². The van der Waals surface area contributed by atoms with Gasteiger partial charge in [0.25, 0.3) is 0 Å². The number of hydrogen-bond acceptors (Lipinski definition) is 2. The van der Waals surface area contributed by atoms with Crippen molar-refractivity contribution in [3.05, 3.63) is 35.5 Å². The molecule has 2 bridgehead atoms. The Balaban J connectivity index is 0.000000815. The first kappa shape index (κ1) is 17.3. The number of pyridine rings is 1. The normalized spacial score (nSPS) is 25.0. The van der Waals surface area contributed by atoms with Crippen molar-refractivity contribution in [1.29, 1.82) is 0 Å². The topological polar surface area (TPSA) is 16.1 Å². The SMILES string of the molecule is CC.CCc1cc(C)nc2ccc(N3CC4CC(C3)C4CC)cc12. The lowest BCUT2D eigenvalue weighted by Gasteiger charge is -2.54. The summed E-state index contributed by atoms with van der Waals surface area (Å²) in [6.07, 6.45) is 3.90. The van der Waals surface area contributed by atoms with E-state index < -0.39 is 0 Å². The van der Waals surface area contributed by atoms with E-state index in [-0.39, 0.29) is 0 Å². The van der Waals surface area contributed by atoms with Gasteiger partial charge in [0.15, 0.2) is 0 Å². The number of hydrogen-bond donors (Lipinski definition) is 0. The fourth-order valence-electron chi connectivity index (χ4n) is 4.79. The maximum Gasteiger partial charge on any atom is 0.0709 e. The number of anilines is 1. The third kappa shape index (κ3) is 2.92. The minimum absolute atomic E-state index is 0.932. The van der Waals surface area contributed by atoms with Crippen molar-refractivity contribution in [3.8, 4) is 0 Å². The molecule has 1 aromatic heterocycles. The summed E-state index contributed by atoms with van der Waals surface area (Å²) in [5, 5.41) is 1.34. The summed E-state index contributed by atoms with van der Waals surface area (Å²) < 4.78 is 0. The van der Waals surface area contributed by atoms with Crippen LogP contribution < -0.4 is 4.90 Å². The summed E-state index contributed by atoms with van der Waals surface area (Å²) in [7, 11) is 0. The number of aromatic nitrogens is 1. The average Bonchev–Trinajstić information content (AvgIpc) is 2.62. The molecule has 1 aliphatic carbocycles. The van der Waals surface area contributed by atoms with E-state index in [0.717, 1.165) is 35.4 Å². The smallest absolute Gasteiger partial charge is 0.0709 e. The number of fused-ring (bicyclic) bond motifs is 3. The molecule has 2 heteroatoms. The van der Waals surface area contributed by atoms with Crippen LogP contribution in [0.15, 0.2) is 24.3 Å². The first-order chi connectivity index (χ1) is 11.7. The third-order valence-electron chi connectivity index (χ3n) is 5.95. The van der Waals surface area contributed by atoms with Crippen molar-refractivity contribution in [3.63, 3.8) is 0 Å². The van der Waals surface area contributed by atoms with E-state index in [9.17, 15) is 0 Å². The maximum atomic E-state index is 4.70. The molecule has 1 aromatic carbocycles. The highest BCUT2D eigenvalue weighted by atomic mass is 15.2. The Morgan fingerprint density at radius 1 is 1.08 bits per heavy atom. The van der Waals surface area contributed by atoms with Gasteiger partial charge in [-0.1, -0.05) is 34.1 Å². The molecule has 2 saturated heterocycles. The second-order valence-corrected chi connectivity index (χ2v) is 7.21. The van der Waals surface area contributed by atoms with Gasteiger partial charge in [0.05, 0.1) is 5.52 Å². The molecule has 2 unspecified atom stereocenters. The minimum atomic E-state index is 0.932. The van der Waals surface area contributed by atoms with E-state index in [2.05, 4.69) is 49.9 Å². The second-order valence-electron chi connectivity index (χ2n) is 7.21. The molecule has 0 N–H and O–H groups in total. The molecule has 24 heavy (non-hydrogen) atoms. The van der Waals surface area contributed by atoms with Crippen LogP contribution >= 0.6 is 0 Å². The van der Waals surface area contributed by atoms with E-state index in [4.69, 9.17) is 4.98 Å². The summed E-state index contributed by atoms with van der Waals surface area (Å²) in [6.45, 7) is 13.2. The van der Waals surface area contributed by atoms with Gasteiger partial charge in [-0.05, 0) is 67.3 Å². The molecule has 2 nitrogen and oxygen atoms in total. The van der Waals surface area contributed by atoms with Crippen molar-refractivity contribution in [1.82, 2.24) is 4.98 Å². The van der Waals surface area contributed by atoms with E-state index in [0.29, 0.717) is 0 Å². The van der Waals surface area contributed by atoms with E-state index in [1.54, 1.807) is 0 Å². The van der Waals surface area contributed by atoms with Crippen LogP contribution in [0.4, 0.5) is 5.69 Å². The number of aryl methyl sites for hydroxylation is 2. The Labute approximate surface area is 147 Å². The fourth-order valence-corrected chi connectivity index (χ4v) is 4.79. The molecule has 3 heterocycles. The Bertz CT molecular complexity index is 694. The number of benzene rings is 1. The lowest BCUT2D eigenvalue weighted by molar-refractivity contribution is 0.0454. The lowest BCUT2D eigenvalue weighted by atomic mass is 9.60. The van der Waals surface area contributed by atoms with E-state index in [1.165, 1.54) is 42.6 Å². The third-order valence-corrected chi connectivity index (χ3v) is 5.95. The summed E-state index contributed by atoms with van der Waals surface area (Å²) >= 11 is 0. The highest BCUT2D eigenvalue weighted by Gasteiger charge is 2.45. The molecule has 2 aromatic rings. The van der Waals surface area contributed by atoms with Crippen molar-refractivity contribution < 1.29 is 0 Å². The average molecular weight is 325 g/mol. The first-order valence-corrected chi connectivity index (χ1v) is 9.84. The van der Waals surface area contributed by atoms with Gasteiger partial charge < -0.3 is 4.90 Å². The Morgan fingerprint density at radius 2 is 1.79 bits per heavy atom. The molecule has 3 fully saturated rings. The van der Waals surface area contributed by atoms with Crippen LogP contribution in [0.5, 0.6) is 0 Å². The van der Waals surface area contributed by atoms with Crippen LogP contribution in [0.3, 0.4) is 0 Å². The van der Waals surface area contributed by atoms with Crippen molar-refractivity contribution in [2.24, 2.45) is 17.8 Å². The summed E-state index contributed by atoms with van der Waals surface area (Å²) in [5.74, 6) is 2.86. The van der Waals surface area contributed by atoms with Crippen LogP contribution in [0.1, 0.15) is 51.8 Å². The first-order valence-electron chi connectivity index (χ1n) is 9.84. The zero-order chi connectivity index (χ0) is 17.3. The molecular weight excluding hydrogens is 292 g/mol. The van der Waals surface area contributed by atoms with Gasteiger partial charge in [-0.3, -0.25) is 4.98 Å². The van der Waals surface area contributed by atoms with Gasteiger partial charge in [0, 0.05) is 29.9 Å². The molecule has 130 valence electrons. The van der Waals surface area contributed by atoms with E-state index >= 15 is 0 Å². The molecule has 0 radical (unpaired) electrons. The van der Waals surface area contributed by atoms with Gasteiger partial charge in [0.2, 0.25) is 0 Å². The van der Waals surface area contributed by atoms with Crippen LogP contribution in [0.25, 0.3) is 10.9 Å². The van der Waals surface area contributed by atoms with Crippen LogP contribution in [0, 0.1) is 24.7 Å². The standard InChI is InChI=1S/C20H26N2.C2H6/c1-4-14-8-13(3)21-20-7-6-17(10-19(14)20)22-11-15-9-16(12-22)18(15)5-2;1-2/h6-8,10,15-16,18H,4-5,9,11-12H2,1-3H3;1-2H3. The highest BCUT2D eigenvalue weighted by molar-refractivity contribution is 5.86. The number of rotatable bonds is 3. The van der Waals surface area contributed by atoms with Gasteiger partial charge in [-0.15, -0.1) is 0 Å². The predicted octanol–water partition coefficient (Wildman–Crippen LogP) is 5.61. The van der Waals surface area contributed by atoms with E-state index in [1.807, 2.05) is 13.8 Å². The second kappa shape index (κ2) is 7.13. The summed E-state index contributed by atoms with van der Waals surface area (Å²) in [5.41, 5.74) is 5.10. The monoisotopic (exact) mass is 324 g/mol. The van der Waals surface area contributed by atoms with Gasteiger partial charge in [0.1, 0.15) is 0 Å². The van der Waals surface area contributed by atoms with Crippen LogP contribution in [0.2, 0.25) is 0 Å². The zero-order valence-corrected chi connectivity index (χ0v) is 16.0. The highest BCUT2D eigenvalue weighted by Crippen LogP contribution is 2.48. The Morgan fingerprint density at radius 3 is 2.42 bits per heavy atom. The van der Waals surface area contributed by atoms with Crippen molar-refractivity contribution in [2.45, 2.75) is 53.9 Å². The molecule has 3 aliphatic rings. The molecule has 1 saturated carbocycles. The van der Waals surface area contributed by atoms with Crippen molar-refractivity contribution in [2.75, 3.05) is 18.0 Å².